The topological polar surface area (TPSA) is 75.4 Å². The Kier molecular flexibility index (Phi) is 4.55. The molecule has 0 saturated carbocycles. The number of nitrogens with one attached hydrogen (secondary N) is 1. The highest BCUT2D eigenvalue weighted by atomic mass is 16.2. The number of nitrogens with zero attached hydrogens (tertiary/aromatic N) is 1. The molecule has 0 bridgehead atoms. The number of rotatable bonds is 4. The predicted octanol–water partition coefficient (Wildman–Crippen LogP) is -0.538. The lowest BCUT2D eigenvalue weighted by Gasteiger charge is -2.33. The van der Waals surface area contributed by atoms with Gasteiger partial charge < -0.3 is 16.0 Å². The Morgan fingerprint density at radius 3 is 2.73 bits per heavy atom. The molecule has 0 aliphatic carbocycles. The van der Waals surface area contributed by atoms with Crippen LogP contribution in [0.2, 0.25) is 0 Å². The molecular formula is C10H19N3O2. The highest BCUT2D eigenvalue weighted by Crippen LogP contribution is 2.11. The van der Waals surface area contributed by atoms with E-state index in [9.17, 15) is 9.59 Å². The molecule has 1 rings (SSSR count). The number of primary amides is 1. The van der Waals surface area contributed by atoms with E-state index in [2.05, 4.69) is 5.32 Å². The van der Waals surface area contributed by atoms with Crippen molar-refractivity contribution in [1.29, 1.82) is 0 Å². The summed E-state index contributed by atoms with van der Waals surface area (Å²) in [5, 5.41) is 3.22. The second-order valence-electron chi connectivity index (χ2n) is 3.84. The molecule has 1 atom stereocenters. The molecule has 1 fully saturated rings. The second-order valence-corrected chi connectivity index (χ2v) is 3.84. The number of carbonyl (C=O) groups excluding carboxylic acids is 2. The zero-order chi connectivity index (χ0) is 11.3. The minimum Gasteiger partial charge on any atom is -0.368 e. The first-order valence-corrected chi connectivity index (χ1v) is 5.43. The van der Waals surface area contributed by atoms with E-state index in [1.807, 2.05) is 0 Å². The lowest BCUT2D eigenvalue weighted by atomic mass is 10.1. The molecule has 0 aromatic carbocycles. The lowest BCUT2D eigenvalue weighted by Crippen LogP contribution is -2.51. The summed E-state index contributed by atoms with van der Waals surface area (Å²) in [5.74, 6) is -0.440. The largest absolute Gasteiger partial charge is 0.368 e. The Hall–Kier alpha value is -1.10. The van der Waals surface area contributed by atoms with Crippen molar-refractivity contribution in [1.82, 2.24) is 10.2 Å². The molecule has 1 saturated heterocycles. The van der Waals surface area contributed by atoms with Crippen molar-refractivity contribution < 1.29 is 9.59 Å². The highest BCUT2D eigenvalue weighted by Gasteiger charge is 2.25. The molecule has 1 heterocycles. The summed E-state index contributed by atoms with van der Waals surface area (Å²) in [6, 6.07) is 0.124. The van der Waals surface area contributed by atoms with Gasteiger partial charge in [-0.1, -0.05) is 6.92 Å². The van der Waals surface area contributed by atoms with Crippen molar-refractivity contribution in [3.05, 3.63) is 0 Å². The standard InChI is InChI=1S/C10H19N3O2/c1-2-10(15)13(7-9(11)14)8-4-3-5-12-6-8/h8,12H,2-7H2,1H3,(H2,11,14). The molecule has 1 unspecified atom stereocenters. The van der Waals surface area contributed by atoms with Gasteiger partial charge in [0, 0.05) is 19.0 Å². The molecular weight excluding hydrogens is 194 g/mol. The Bertz CT molecular complexity index is 237. The van der Waals surface area contributed by atoms with Crippen molar-refractivity contribution in [3.8, 4) is 0 Å². The van der Waals surface area contributed by atoms with Crippen LogP contribution in [-0.2, 0) is 9.59 Å². The molecule has 0 aromatic heterocycles. The van der Waals surface area contributed by atoms with Gasteiger partial charge in [-0.05, 0) is 19.4 Å². The van der Waals surface area contributed by atoms with Crippen molar-refractivity contribution in [2.45, 2.75) is 32.2 Å². The number of amides is 2. The molecule has 5 nitrogen and oxygen atoms in total. The summed E-state index contributed by atoms with van der Waals surface area (Å²) in [5.41, 5.74) is 5.14. The number of piperidine rings is 1. The zero-order valence-electron chi connectivity index (χ0n) is 9.16. The van der Waals surface area contributed by atoms with Crippen LogP contribution in [0.25, 0.3) is 0 Å². The minimum absolute atomic E-state index is 0.00231. The number of hydrogen-bond donors (Lipinski definition) is 2. The molecule has 86 valence electrons. The Morgan fingerprint density at radius 1 is 1.53 bits per heavy atom. The molecule has 5 heteroatoms. The molecule has 2 amide bonds. The Labute approximate surface area is 90.0 Å². The van der Waals surface area contributed by atoms with Gasteiger partial charge in [-0.15, -0.1) is 0 Å². The summed E-state index contributed by atoms with van der Waals surface area (Å²) in [7, 11) is 0. The maximum Gasteiger partial charge on any atom is 0.237 e. The van der Waals surface area contributed by atoms with Gasteiger partial charge in [-0.2, -0.15) is 0 Å². The third-order valence-corrected chi connectivity index (χ3v) is 2.66. The molecule has 3 N–H and O–H groups in total. The zero-order valence-corrected chi connectivity index (χ0v) is 9.16. The summed E-state index contributed by atoms with van der Waals surface area (Å²) in [6.45, 7) is 3.59. The van der Waals surface area contributed by atoms with Crippen molar-refractivity contribution in [2.24, 2.45) is 5.73 Å². The van der Waals surface area contributed by atoms with E-state index in [4.69, 9.17) is 5.73 Å². The van der Waals surface area contributed by atoms with Gasteiger partial charge in [-0.3, -0.25) is 9.59 Å². The van der Waals surface area contributed by atoms with Crippen LogP contribution in [0.3, 0.4) is 0 Å². The fraction of sp³-hybridized carbons (Fsp3) is 0.800. The first-order valence-electron chi connectivity index (χ1n) is 5.43. The fourth-order valence-electron chi connectivity index (χ4n) is 1.89. The fourth-order valence-corrected chi connectivity index (χ4v) is 1.89. The molecule has 0 spiro atoms. The second kappa shape index (κ2) is 5.70. The van der Waals surface area contributed by atoms with Gasteiger partial charge >= 0.3 is 0 Å². The monoisotopic (exact) mass is 213 g/mol. The van der Waals surface area contributed by atoms with Gasteiger partial charge in [0.1, 0.15) is 0 Å². The van der Waals surface area contributed by atoms with E-state index >= 15 is 0 Å². The summed E-state index contributed by atoms with van der Waals surface area (Å²) in [6.07, 6.45) is 2.41. The maximum absolute atomic E-state index is 11.6. The van der Waals surface area contributed by atoms with Gasteiger partial charge in [0.05, 0.1) is 6.54 Å². The van der Waals surface area contributed by atoms with E-state index in [1.54, 1.807) is 11.8 Å². The molecule has 1 aliphatic rings. The van der Waals surface area contributed by atoms with Crippen LogP contribution in [0.4, 0.5) is 0 Å². The summed E-state index contributed by atoms with van der Waals surface area (Å²) >= 11 is 0. The van der Waals surface area contributed by atoms with Crippen LogP contribution in [-0.4, -0.2) is 42.4 Å². The van der Waals surface area contributed by atoms with E-state index in [0.29, 0.717) is 6.42 Å². The number of carbonyl (C=O) groups is 2. The van der Waals surface area contributed by atoms with Gasteiger partial charge in [-0.25, -0.2) is 0 Å². The Morgan fingerprint density at radius 2 is 2.27 bits per heavy atom. The van der Waals surface area contributed by atoms with E-state index in [1.165, 1.54) is 0 Å². The quantitative estimate of drug-likeness (QED) is 0.658. The molecule has 1 aliphatic heterocycles. The summed E-state index contributed by atoms with van der Waals surface area (Å²) in [4.78, 5) is 24.1. The van der Waals surface area contributed by atoms with Gasteiger partial charge in [0.15, 0.2) is 0 Å². The van der Waals surface area contributed by atoms with E-state index in [-0.39, 0.29) is 18.5 Å². The Balaban J connectivity index is 2.60. The van der Waals surface area contributed by atoms with Crippen LogP contribution in [0, 0.1) is 0 Å². The van der Waals surface area contributed by atoms with Crippen LogP contribution < -0.4 is 11.1 Å². The van der Waals surface area contributed by atoms with Gasteiger partial charge in [0.2, 0.25) is 11.8 Å². The van der Waals surface area contributed by atoms with Crippen LogP contribution >= 0.6 is 0 Å². The average molecular weight is 213 g/mol. The van der Waals surface area contributed by atoms with Crippen LogP contribution in [0.1, 0.15) is 26.2 Å². The SMILES string of the molecule is CCC(=O)N(CC(N)=O)C1CCCNC1. The van der Waals surface area contributed by atoms with Crippen molar-refractivity contribution in [2.75, 3.05) is 19.6 Å². The van der Waals surface area contributed by atoms with E-state index < -0.39 is 5.91 Å². The molecule has 0 radical (unpaired) electrons. The number of nitrogens with two attached hydrogens (primary N) is 1. The predicted molar refractivity (Wildman–Crippen MR) is 57.1 cm³/mol. The van der Waals surface area contributed by atoms with Crippen molar-refractivity contribution in [3.63, 3.8) is 0 Å². The highest BCUT2D eigenvalue weighted by molar-refractivity contribution is 5.83. The number of hydrogen-bond acceptors (Lipinski definition) is 3. The van der Waals surface area contributed by atoms with Gasteiger partial charge in [0.25, 0.3) is 0 Å². The first kappa shape index (κ1) is 12.0. The van der Waals surface area contributed by atoms with Crippen LogP contribution in [0.5, 0.6) is 0 Å². The van der Waals surface area contributed by atoms with E-state index in [0.717, 1.165) is 25.9 Å². The molecule has 0 aromatic rings. The minimum atomic E-state index is -0.442. The molecule has 15 heavy (non-hydrogen) atoms. The van der Waals surface area contributed by atoms with Crippen LogP contribution in [0.15, 0.2) is 0 Å². The average Bonchev–Trinajstić information content (AvgIpc) is 2.26. The summed E-state index contributed by atoms with van der Waals surface area (Å²) < 4.78 is 0. The maximum atomic E-state index is 11.6. The lowest BCUT2D eigenvalue weighted by molar-refractivity contribution is -0.137. The van der Waals surface area contributed by atoms with Crippen molar-refractivity contribution >= 4 is 11.8 Å². The third-order valence-electron chi connectivity index (χ3n) is 2.66. The third kappa shape index (κ3) is 3.51. The normalized spacial score (nSPS) is 21.0. The first-order chi connectivity index (χ1) is 7.15. The smallest absolute Gasteiger partial charge is 0.237 e.